The number of carbonyl (C=O) groups excluding carboxylic acids is 1. The number of rotatable bonds is 3. The van der Waals surface area contributed by atoms with E-state index >= 15 is 0 Å². The lowest BCUT2D eigenvalue weighted by molar-refractivity contribution is -0.132. The fraction of sp³-hybridized carbons (Fsp3) is 0.353. The molecular weight excluding hydrogens is 339 g/mol. The second kappa shape index (κ2) is 6.66. The normalized spacial score (nSPS) is 14.7. The molecule has 4 rings (SSSR count). The molecule has 9 heteroatoms. The van der Waals surface area contributed by atoms with Crippen LogP contribution in [0.15, 0.2) is 35.4 Å². The van der Waals surface area contributed by atoms with Crippen molar-refractivity contribution in [3.63, 3.8) is 0 Å². The van der Waals surface area contributed by atoms with Gasteiger partial charge in [0.25, 0.3) is 5.56 Å². The van der Waals surface area contributed by atoms with Crippen molar-refractivity contribution < 1.29 is 9.18 Å². The van der Waals surface area contributed by atoms with E-state index in [2.05, 4.69) is 15.3 Å². The van der Waals surface area contributed by atoms with Crippen molar-refractivity contribution in [3.8, 4) is 5.69 Å². The molecule has 0 bridgehead atoms. The van der Waals surface area contributed by atoms with Crippen molar-refractivity contribution >= 4 is 17.1 Å². The Bertz CT molecular complexity index is 1000. The molecule has 1 fully saturated rings. The summed E-state index contributed by atoms with van der Waals surface area (Å²) in [7, 11) is 0. The van der Waals surface area contributed by atoms with Gasteiger partial charge in [0.2, 0.25) is 5.91 Å². The fourth-order valence-electron chi connectivity index (χ4n) is 3.10. The smallest absolute Gasteiger partial charge is 0.284 e. The molecule has 134 valence electrons. The van der Waals surface area contributed by atoms with Gasteiger partial charge in [-0.15, -0.1) is 5.10 Å². The summed E-state index contributed by atoms with van der Waals surface area (Å²) < 4.78 is 15.7. The van der Waals surface area contributed by atoms with E-state index in [1.807, 2.05) is 0 Å². The van der Waals surface area contributed by atoms with Crippen LogP contribution in [0.2, 0.25) is 0 Å². The van der Waals surface area contributed by atoms with E-state index < -0.39 is 5.56 Å². The van der Waals surface area contributed by atoms with Gasteiger partial charge in [-0.1, -0.05) is 5.21 Å². The summed E-state index contributed by atoms with van der Waals surface area (Å²) in [5, 5.41) is 7.84. The van der Waals surface area contributed by atoms with Crippen LogP contribution in [-0.2, 0) is 11.3 Å². The van der Waals surface area contributed by atoms with Crippen LogP contribution < -0.4 is 5.56 Å². The zero-order chi connectivity index (χ0) is 18.1. The molecule has 0 saturated carbocycles. The molecule has 2 aromatic heterocycles. The Balaban J connectivity index is 1.64. The lowest BCUT2D eigenvalue weighted by Crippen LogP contribution is -2.39. The summed E-state index contributed by atoms with van der Waals surface area (Å²) in [5.74, 6) is -0.469. The molecule has 1 aliphatic rings. The third-order valence-corrected chi connectivity index (χ3v) is 4.52. The van der Waals surface area contributed by atoms with Crippen molar-refractivity contribution in [2.45, 2.75) is 25.8 Å². The molecular formula is C17H17FN6O2. The zero-order valence-corrected chi connectivity index (χ0v) is 14.0. The molecule has 0 aliphatic carbocycles. The summed E-state index contributed by atoms with van der Waals surface area (Å²) >= 11 is 0. The number of fused-ring (bicyclic) bond motifs is 1. The van der Waals surface area contributed by atoms with Gasteiger partial charge < -0.3 is 4.90 Å². The largest absolute Gasteiger partial charge is 0.341 e. The van der Waals surface area contributed by atoms with Gasteiger partial charge in [0, 0.05) is 13.1 Å². The highest BCUT2D eigenvalue weighted by Crippen LogP contribution is 2.13. The van der Waals surface area contributed by atoms with Crippen molar-refractivity contribution in [2.24, 2.45) is 0 Å². The standard InChI is InChI=1S/C17H17FN6O2/c18-12-4-6-13(7-5-12)24-16-15(20-21-24)17(26)23(11-19-16)10-14(25)22-8-2-1-3-9-22/h4-7,11H,1-3,8-10H2. The maximum Gasteiger partial charge on any atom is 0.284 e. The molecule has 0 N–H and O–H groups in total. The lowest BCUT2D eigenvalue weighted by Gasteiger charge is -2.26. The number of carbonyl (C=O) groups is 1. The van der Waals surface area contributed by atoms with Gasteiger partial charge in [-0.2, -0.15) is 4.68 Å². The number of piperidine rings is 1. The van der Waals surface area contributed by atoms with Gasteiger partial charge >= 0.3 is 0 Å². The summed E-state index contributed by atoms with van der Waals surface area (Å²) in [6, 6.07) is 5.63. The van der Waals surface area contributed by atoms with Gasteiger partial charge in [-0.05, 0) is 43.5 Å². The molecule has 1 aliphatic heterocycles. The SMILES string of the molecule is O=C(Cn1cnc2c(nnn2-c2ccc(F)cc2)c1=O)N1CCCCC1. The molecule has 1 amide bonds. The Morgan fingerprint density at radius 1 is 1.12 bits per heavy atom. The topological polar surface area (TPSA) is 85.9 Å². The highest BCUT2D eigenvalue weighted by Gasteiger charge is 2.19. The van der Waals surface area contributed by atoms with Crippen molar-refractivity contribution in [1.82, 2.24) is 29.4 Å². The maximum absolute atomic E-state index is 13.1. The van der Waals surface area contributed by atoms with Gasteiger partial charge in [0.1, 0.15) is 18.7 Å². The van der Waals surface area contributed by atoms with Gasteiger partial charge in [0.15, 0.2) is 11.2 Å². The van der Waals surface area contributed by atoms with Crippen LogP contribution in [0.25, 0.3) is 16.9 Å². The van der Waals surface area contributed by atoms with Crippen molar-refractivity contribution in [2.75, 3.05) is 13.1 Å². The predicted octanol–water partition coefficient (Wildman–Crippen LogP) is 1.13. The maximum atomic E-state index is 13.1. The van der Waals surface area contributed by atoms with Gasteiger partial charge in [-0.3, -0.25) is 14.2 Å². The molecule has 0 radical (unpaired) electrons. The molecule has 1 aromatic carbocycles. The quantitative estimate of drug-likeness (QED) is 0.702. The van der Waals surface area contributed by atoms with E-state index in [0.717, 1.165) is 32.4 Å². The molecule has 8 nitrogen and oxygen atoms in total. The monoisotopic (exact) mass is 356 g/mol. The minimum absolute atomic E-state index is 0.0643. The molecule has 3 aromatic rings. The number of aromatic nitrogens is 5. The Morgan fingerprint density at radius 3 is 2.58 bits per heavy atom. The van der Waals surface area contributed by atoms with Crippen LogP contribution in [-0.4, -0.2) is 48.4 Å². The van der Waals surface area contributed by atoms with Gasteiger partial charge in [0.05, 0.1) is 5.69 Å². The number of likely N-dealkylation sites (tertiary alicyclic amines) is 1. The minimum Gasteiger partial charge on any atom is -0.341 e. The van der Waals surface area contributed by atoms with Crippen molar-refractivity contribution in [3.05, 3.63) is 46.8 Å². The Hall–Kier alpha value is -3.10. The number of nitrogens with zero attached hydrogens (tertiary/aromatic N) is 6. The number of amides is 1. The Labute approximate surface area is 147 Å². The Morgan fingerprint density at radius 2 is 1.85 bits per heavy atom. The average Bonchev–Trinajstić information content (AvgIpc) is 3.10. The summed E-state index contributed by atoms with van der Waals surface area (Å²) in [6.45, 7) is 1.39. The first kappa shape index (κ1) is 16.4. The molecule has 0 unspecified atom stereocenters. The van der Waals surface area contributed by atoms with E-state index in [1.54, 1.807) is 4.90 Å². The summed E-state index contributed by atoms with van der Waals surface area (Å²) in [5.41, 5.74) is 0.461. The van der Waals surface area contributed by atoms with Crippen LogP contribution in [0.5, 0.6) is 0 Å². The minimum atomic E-state index is -0.422. The first-order valence-corrected chi connectivity index (χ1v) is 8.48. The zero-order valence-electron chi connectivity index (χ0n) is 14.0. The first-order chi connectivity index (χ1) is 12.6. The molecule has 3 heterocycles. The van der Waals surface area contributed by atoms with Crippen LogP contribution in [0.4, 0.5) is 4.39 Å². The van der Waals surface area contributed by atoms with Crippen LogP contribution >= 0.6 is 0 Å². The van der Waals surface area contributed by atoms with Crippen LogP contribution in [0.3, 0.4) is 0 Å². The Kier molecular flexibility index (Phi) is 4.19. The number of benzene rings is 1. The lowest BCUT2D eigenvalue weighted by atomic mass is 10.1. The van der Waals surface area contributed by atoms with Crippen LogP contribution in [0.1, 0.15) is 19.3 Å². The summed E-state index contributed by atoms with van der Waals surface area (Å²) in [4.78, 5) is 31.0. The van der Waals surface area contributed by atoms with E-state index in [1.165, 1.54) is 39.8 Å². The van der Waals surface area contributed by atoms with Gasteiger partial charge in [-0.25, -0.2) is 9.37 Å². The average molecular weight is 356 g/mol. The fourth-order valence-corrected chi connectivity index (χ4v) is 3.10. The molecule has 1 saturated heterocycles. The number of hydrogen-bond donors (Lipinski definition) is 0. The third kappa shape index (κ3) is 2.96. The van der Waals surface area contributed by atoms with E-state index in [9.17, 15) is 14.0 Å². The predicted molar refractivity (Wildman–Crippen MR) is 91.3 cm³/mol. The van der Waals surface area contributed by atoms with E-state index in [-0.39, 0.29) is 29.4 Å². The highest BCUT2D eigenvalue weighted by molar-refractivity contribution is 5.77. The second-order valence-corrected chi connectivity index (χ2v) is 6.27. The summed E-state index contributed by atoms with van der Waals surface area (Å²) in [6.07, 6.45) is 4.44. The molecule has 26 heavy (non-hydrogen) atoms. The first-order valence-electron chi connectivity index (χ1n) is 8.48. The molecule has 0 spiro atoms. The molecule has 0 atom stereocenters. The van der Waals surface area contributed by atoms with E-state index in [0.29, 0.717) is 5.69 Å². The second-order valence-electron chi connectivity index (χ2n) is 6.27. The number of halogens is 1. The van der Waals surface area contributed by atoms with Crippen molar-refractivity contribution in [1.29, 1.82) is 0 Å². The highest BCUT2D eigenvalue weighted by atomic mass is 19.1. The van der Waals surface area contributed by atoms with Crippen LogP contribution in [0, 0.1) is 5.82 Å². The van der Waals surface area contributed by atoms with E-state index in [4.69, 9.17) is 0 Å². The number of hydrogen-bond acceptors (Lipinski definition) is 5. The third-order valence-electron chi connectivity index (χ3n) is 4.52.